The van der Waals surface area contributed by atoms with Crippen molar-refractivity contribution in [2.24, 2.45) is 0 Å². The Labute approximate surface area is 220 Å². The SMILES string of the molecule is Cc1ccc(-c2ccc3c4ccc(Oc5ccccc5)c5cccc(c6cccc2c63)c54)c2ccccc12. The van der Waals surface area contributed by atoms with Crippen LogP contribution in [-0.4, -0.2) is 0 Å². The van der Waals surface area contributed by atoms with Gasteiger partial charge in [0.2, 0.25) is 0 Å². The second-order valence-corrected chi connectivity index (χ2v) is 10.1. The van der Waals surface area contributed by atoms with Crippen LogP contribution in [0.3, 0.4) is 0 Å². The number of hydrogen-bond donors (Lipinski definition) is 0. The third kappa shape index (κ3) is 2.99. The molecule has 0 bridgehead atoms. The Morgan fingerprint density at radius 2 is 0.895 bits per heavy atom. The Kier molecular flexibility index (Phi) is 4.50. The lowest BCUT2D eigenvalue weighted by molar-refractivity contribution is 0.488. The monoisotopic (exact) mass is 484 g/mol. The Balaban J connectivity index is 1.45. The highest BCUT2D eigenvalue weighted by Gasteiger charge is 2.18. The molecule has 8 aromatic carbocycles. The summed E-state index contributed by atoms with van der Waals surface area (Å²) in [6, 6.07) is 45.6. The fourth-order valence-electron chi connectivity index (χ4n) is 6.31. The number of para-hydroxylation sites is 1. The van der Waals surface area contributed by atoms with Crippen molar-refractivity contribution in [1.29, 1.82) is 0 Å². The molecule has 38 heavy (non-hydrogen) atoms. The van der Waals surface area contributed by atoms with E-state index in [0.717, 1.165) is 16.9 Å². The molecule has 0 unspecified atom stereocenters. The molecule has 0 aliphatic carbocycles. The Morgan fingerprint density at radius 3 is 1.68 bits per heavy atom. The van der Waals surface area contributed by atoms with Crippen molar-refractivity contribution in [2.45, 2.75) is 6.92 Å². The lowest BCUT2D eigenvalue weighted by Crippen LogP contribution is -1.92. The summed E-state index contributed by atoms with van der Waals surface area (Å²) < 4.78 is 6.36. The second-order valence-electron chi connectivity index (χ2n) is 10.1. The molecule has 8 rings (SSSR count). The molecule has 0 aliphatic heterocycles. The quantitative estimate of drug-likeness (QED) is 0.179. The van der Waals surface area contributed by atoms with Gasteiger partial charge in [-0.05, 0) is 91.0 Å². The number of fused-ring (bicyclic) bond motifs is 3. The number of aryl methyl sites for hydroxylation is 1. The molecular weight excluding hydrogens is 460 g/mol. The summed E-state index contributed by atoms with van der Waals surface area (Å²) in [5.41, 5.74) is 3.87. The highest BCUT2D eigenvalue weighted by Crippen LogP contribution is 2.46. The van der Waals surface area contributed by atoms with Crippen molar-refractivity contribution in [2.75, 3.05) is 0 Å². The van der Waals surface area contributed by atoms with E-state index >= 15 is 0 Å². The number of ether oxygens (including phenoxy) is 1. The minimum absolute atomic E-state index is 0.849. The van der Waals surface area contributed by atoms with E-state index in [4.69, 9.17) is 4.74 Å². The van der Waals surface area contributed by atoms with Crippen LogP contribution in [0.5, 0.6) is 11.5 Å². The minimum atomic E-state index is 0.849. The molecule has 0 atom stereocenters. The lowest BCUT2D eigenvalue weighted by Gasteiger charge is -2.19. The van der Waals surface area contributed by atoms with Crippen LogP contribution >= 0.6 is 0 Å². The summed E-state index contributed by atoms with van der Waals surface area (Å²) in [5, 5.41) is 12.7. The topological polar surface area (TPSA) is 9.23 Å². The molecule has 0 saturated heterocycles. The van der Waals surface area contributed by atoms with Gasteiger partial charge in [0, 0.05) is 10.8 Å². The number of rotatable bonds is 3. The third-order valence-electron chi connectivity index (χ3n) is 8.02. The molecule has 178 valence electrons. The standard InChI is InChI=1S/C37H24O/c1-23-17-18-27(26-12-6-5-11-25(23)26)28-19-20-32-33-21-22-35(38-24-9-3-2-4-10-24)34-16-8-15-31(37(33)34)30-14-7-13-29(28)36(30)32/h2-22H,1H3. The largest absolute Gasteiger partial charge is 0.457 e. The molecule has 0 spiro atoms. The molecule has 1 heteroatoms. The van der Waals surface area contributed by atoms with Gasteiger partial charge in [-0.2, -0.15) is 0 Å². The van der Waals surface area contributed by atoms with Crippen molar-refractivity contribution >= 4 is 53.9 Å². The fraction of sp³-hybridized carbons (Fsp3) is 0.0270. The van der Waals surface area contributed by atoms with Gasteiger partial charge in [0.05, 0.1) is 0 Å². The van der Waals surface area contributed by atoms with Crippen LogP contribution < -0.4 is 4.74 Å². The first-order valence-electron chi connectivity index (χ1n) is 13.1. The fourth-order valence-corrected chi connectivity index (χ4v) is 6.31. The van der Waals surface area contributed by atoms with Crippen molar-refractivity contribution in [1.82, 2.24) is 0 Å². The van der Waals surface area contributed by atoms with Gasteiger partial charge >= 0.3 is 0 Å². The molecule has 0 saturated carbocycles. The van der Waals surface area contributed by atoms with Gasteiger partial charge in [0.1, 0.15) is 11.5 Å². The van der Waals surface area contributed by atoms with Gasteiger partial charge in [0.25, 0.3) is 0 Å². The van der Waals surface area contributed by atoms with Gasteiger partial charge in [-0.15, -0.1) is 0 Å². The zero-order valence-electron chi connectivity index (χ0n) is 21.0. The zero-order chi connectivity index (χ0) is 25.2. The van der Waals surface area contributed by atoms with Gasteiger partial charge < -0.3 is 4.74 Å². The maximum Gasteiger partial charge on any atom is 0.135 e. The zero-order valence-corrected chi connectivity index (χ0v) is 21.0. The van der Waals surface area contributed by atoms with Crippen LogP contribution in [0.1, 0.15) is 5.56 Å². The highest BCUT2D eigenvalue weighted by molar-refractivity contribution is 6.34. The van der Waals surface area contributed by atoms with Gasteiger partial charge in [0.15, 0.2) is 0 Å². The average Bonchev–Trinajstić information content (AvgIpc) is 2.97. The van der Waals surface area contributed by atoms with E-state index in [9.17, 15) is 0 Å². The Hall–Kier alpha value is -4.88. The third-order valence-corrected chi connectivity index (χ3v) is 8.02. The molecule has 0 aromatic heterocycles. The summed E-state index contributed by atoms with van der Waals surface area (Å²) in [6.07, 6.45) is 0. The van der Waals surface area contributed by atoms with E-state index in [1.165, 1.54) is 65.2 Å². The van der Waals surface area contributed by atoms with E-state index in [1.807, 2.05) is 30.3 Å². The normalized spacial score (nSPS) is 11.8. The van der Waals surface area contributed by atoms with Crippen LogP contribution in [0.15, 0.2) is 127 Å². The molecule has 8 aromatic rings. The van der Waals surface area contributed by atoms with Crippen molar-refractivity contribution in [3.05, 3.63) is 133 Å². The smallest absolute Gasteiger partial charge is 0.135 e. The lowest BCUT2D eigenvalue weighted by atomic mass is 9.86. The van der Waals surface area contributed by atoms with Crippen LogP contribution in [0.4, 0.5) is 0 Å². The predicted octanol–water partition coefficient (Wildman–Crippen LogP) is 10.7. The molecule has 1 nitrogen and oxygen atoms in total. The van der Waals surface area contributed by atoms with E-state index in [0.29, 0.717) is 0 Å². The van der Waals surface area contributed by atoms with E-state index in [1.54, 1.807) is 0 Å². The number of benzene rings is 8. The number of hydrogen-bond acceptors (Lipinski definition) is 1. The second kappa shape index (κ2) is 8.06. The van der Waals surface area contributed by atoms with Gasteiger partial charge in [-0.3, -0.25) is 0 Å². The van der Waals surface area contributed by atoms with Crippen LogP contribution in [0, 0.1) is 6.92 Å². The summed E-state index contributed by atoms with van der Waals surface area (Å²) in [6.45, 7) is 2.19. The van der Waals surface area contributed by atoms with Crippen LogP contribution in [0.25, 0.3) is 65.0 Å². The van der Waals surface area contributed by atoms with E-state index in [2.05, 4.69) is 104 Å². The van der Waals surface area contributed by atoms with E-state index < -0.39 is 0 Å². The van der Waals surface area contributed by atoms with Gasteiger partial charge in [-0.25, -0.2) is 0 Å². The average molecular weight is 485 g/mol. The summed E-state index contributed by atoms with van der Waals surface area (Å²) >= 11 is 0. The van der Waals surface area contributed by atoms with Crippen LogP contribution in [0.2, 0.25) is 0 Å². The molecule has 0 N–H and O–H groups in total. The van der Waals surface area contributed by atoms with Crippen molar-refractivity contribution in [3.63, 3.8) is 0 Å². The maximum atomic E-state index is 6.36. The predicted molar refractivity (Wildman–Crippen MR) is 162 cm³/mol. The first-order valence-corrected chi connectivity index (χ1v) is 13.1. The first kappa shape index (κ1) is 21.2. The molecule has 0 fully saturated rings. The summed E-state index contributed by atoms with van der Waals surface area (Å²) in [7, 11) is 0. The Morgan fingerprint density at radius 1 is 0.368 bits per heavy atom. The van der Waals surface area contributed by atoms with E-state index in [-0.39, 0.29) is 0 Å². The maximum absolute atomic E-state index is 6.36. The van der Waals surface area contributed by atoms with Crippen molar-refractivity contribution in [3.8, 4) is 22.6 Å². The summed E-state index contributed by atoms with van der Waals surface area (Å²) in [5.74, 6) is 1.73. The molecular formula is C37H24O. The molecule has 0 heterocycles. The highest BCUT2D eigenvalue weighted by atomic mass is 16.5. The molecule has 0 radical (unpaired) electrons. The first-order chi connectivity index (χ1) is 18.8. The minimum Gasteiger partial charge on any atom is -0.457 e. The molecule has 0 aliphatic rings. The van der Waals surface area contributed by atoms with Crippen molar-refractivity contribution < 1.29 is 4.74 Å². The molecule has 0 amide bonds. The summed E-state index contributed by atoms with van der Waals surface area (Å²) in [4.78, 5) is 0. The Bertz CT molecular complexity index is 2130. The van der Waals surface area contributed by atoms with Crippen LogP contribution in [-0.2, 0) is 0 Å². The van der Waals surface area contributed by atoms with Gasteiger partial charge in [-0.1, -0.05) is 103 Å².